The number of hydrogen-bond donors (Lipinski definition) is 2. The van der Waals surface area contributed by atoms with Crippen molar-refractivity contribution in [3.63, 3.8) is 0 Å². The summed E-state index contributed by atoms with van der Waals surface area (Å²) in [5, 5.41) is 2.72. The molecule has 0 bridgehead atoms. The molecule has 1 aliphatic heterocycles. The highest BCUT2D eigenvalue weighted by Gasteiger charge is 2.30. The van der Waals surface area contributed by atoms with Crippen molar-refractivity contribution < 1.29 is 18.7 Å². The lowest BCUT2D eigenvalue weighted by atomic mass is 9.95. The number of nitrogens with zero attached hydrogens (tertiary/aromatic N) is 3. The lowest BCUT2D eigenvalue weighted by molar-refractivity contribution is 0.0635. The minimum atomic E-state index is -0.801. The van der Waals surface area contributed by atoms with Gasteiger partial charge in [-0.3, -0.25) is 9.20 Å². The van der Waals surface area contributed by atoms with Crippen LogP contribution in [0.4, 0.5) is 10.2 Å². The number of carbonyl (C=O) groups is 1. The Balaban J connectivity index is 0.00000380. The molecule has 1 fully saturated rings. The van der Waals surface area contributed by atoms with Gasteiger partial charge in [-0.15, -0.1) is 0 Å². The number of aromatic nitrogens is 3. The summed E-state index contributed by atoms with van der Waals surface area (Å²) >= 11 is 6.33. The Morgan fingerprint density at radius 1 is 1.35 bits per heavy atom. The number of nitrogens with one attached hydrogen (secondary N) is 1. The van der Waals surface area contributed by atoms with Crippen LogP contribution in [-0.4, -0.2) is 46.1 Å². The Labute approximate surface area is 228 Å². The number of aryl methyl sites for hydroxylation is 1. The number of rotatable bonds is 8. The largest absolute Gasteiger partial charge is 0.490 e. The van der Waals surface area contributed by atoms with Crippen LogP contribution in [0.25, 0.3) is 5.52 Å². The lowest BCUT2D eigenvalue weighted by Crippen LogP contribution is -2.29. The van der Waals surface area contributed by atoms with E-state index >= 15 is 4.39 Å². The molecule has 1 saturated heterocycles. The Morgan fingerprint density at radius 2 is 2.05 bits per heavy atom. The highest BCUT2D eigenvalue weighted by atomic mass is 35.5. The topological polar surface area (TPSA) is 104 Å². The SMILES string of the molecule is Cc1nc([C@@H](C)c2cc(Cl)c(F)c(C(=O)NCCC3CCOCC3)c2OC(C)C)n2ccnc(N)c12.S. The molecule has 1 atom stereocenters. The number of carbonyl (C=O) groups excluding carboxylic acids is 1. The average molecular weight is 552 g/mol. The third-order valence-electron chi connectivity index (χ3n) is 6.60. The molecule has 0 saturated carbocycles. The summed E-state index contributed by atoms with van der Waals surface area (Å²) < 4.78 is 28.7. The predicted octanol–water partition coefficient (Wildman–Crippen LogP) is 5.01. The van der Waals surface area contributed by atoms with Gasteiger partial charge in [0.15, 0.2) is 5.82 Å². The van der Waals surface area contributed by atoms with Gasteiger partial charge in [0, 0.05) is 43.6 Å². The summed E-state index contributed by atoms with van der Waals surface area (Å²) in [5.41, 5.74) is 7.87. The number of anilines is 1. The van der Waals surface area contributed by atoms with Crippen LogP contribution >= 0.6 is 25.1 Å². The van der Waals surface area contributed by atoms with E-state index in [1.54, 1.807) is 12.4 Å². The fourth-order valence-corrected chi connectivity index (χ4v) is 4.95. The maximum atomic E-state index is 15.4. The van der Waals surface area contributed by atoms with E-state index in [1.165, 1.54) is 6.07 Å². The summed E-state index contributed by atoms with van der Waals surface area (Å²) in [5.74, 6) is -0.0922. The van der Waals surface area contributed by atoms with Gasteiger partial charge in [0.2, 0.25) is 0 Å². The van der Waals surface area contributed by atoms with Crippen molar-refractivity contribution in [1.82, 2.24) is 19.7 Å². The van der Waals surface area contributed by atoms with Crippen LogP contribution in [0.2, 0.25) is 5.02 Å². The van der Waals surface area contributed by atoms with Crippen molar-refractivity contribution >= 4 is 42.3 Å². The number of nitrogen functional groups attached to an aromatic ring is 1. The van der Waals surface area contributed by atoms with E-state index in [4.69, 9.17) is 31.8 Å². The highest BCUT2D eigenvalue weighted by molar-refractivity contribution is 7.59. The van der Waals surface area contributed by atoms with Crippen LogP contribution in [0.3, 0.4) is 0 Å². The second kappa shape index (κ2) is 12.3. The molecular formula is C26H35ClFN5O3S. The number of ether oxygens (including phenoxy) is 2. The molecule has 0 spiro atoms. The highest BCUT2D eigenvalue weighted by Crippen LogP contribution is 2.40. The smallest absolute Gasteiger partial charge is 0.258 e. The molecule has 1 aromatic carbocycles. The number of fused-ring (bicyclic) bond motifs is 1. The molecule has 3 N–H and O–H groups in total. The molecule has 3 heterocycles. The molecule has 11 heteroatoms. The van der Waals surface area contributed by atoms with E-state index in [1.807, 2.05) is 32.1 Å². The normalized spacial score (nSPS) is 15.0. The summed E-state index contributed by atoms with van der Waals surface area (Å²) in [4.78, 5) is 22.1. The fourth-order valence-electron chi connectivity index (χ4n) is 4.74. The van der Waals surface area contributed by atoms with Crippen LogP contribution in [0, 0.1) is 18.7 Å². The first kappa shape index (κ1) is 29.0. The van der Waals surface area contributed by atoms with Crippen LogP contribution in [0.5, 0.6) is 5.75 Å². The molecule has 4 rings (SSSR count). The molecule has 2 aromatic heterocycles. The Morgan fingerprint density at radius 3 is 2.73 bits per heavy atom. The number of nitrogens with two attached hydrogens (primary N) is 1. The quantitative estimate of drug-likeness (QED) is 0.408. The predicted molar refractivity (Wildman–Crippen MR) is 148 cm³/mol. The van der Waals surface area contributed by atoms with Crippen molar-refractivity contribution in [2.45, 2.75) is 59.0 Å². The van der Waals surface area contributed by atoms with Gasteiger partial charge in [0.1, 0.15) is 28.5 Å². The summed E-state index contributed by atoms with van der Waals surface area (Å²) in [6, 6.07) is 1.51. The molecule has 37 heavy (non-hydrogen) atoms. The zero-order valence-corrected chi connectivity index (χ0v) is 23.4. The van der Waals surface area contributed by atoms with E-state index in [2.05, 4.69) is 10.3 Å². The van der Waals surface area contributed by atoms with Crippen molar-refractivity contribution in [2.75, 3.05) is 25.5 Å². The second-order valence-corrected chi connectivity index (χ2v) is 9.95. The van der Waals surface area contributed by atoms with Crippen molar-refractivity contribution in [3.05, 3.63) is 51.9 Å². The third kappa shape index (κ3) is 6.13. The Bertz CT molecular complexity index is 1260. The maximum absolute atomic E-state index is 15.4. The van der Waals surface area contributed by atoms with Gasteiger partial charge in [0.25, 0.3) is 5.91 Å². The minimum absolute atomic E-state index is 0. The third-order valence-corrected chi connectivity index (χ3v) is 6.87. The summed E-state index contributed by atoms with van der Waals surface area (Å²) in [6.07, 6.45) is 5.79. The molecule has 1 amide bonds. The van der Waals surface area contributed by atoms with Gasteiger partial charge in [-0.1, -0.05) is 18.5 Å². The first-order chi connectivity index (χ1) is 17.2. The monoisotopic (exact) mass is 551 g/mol. The second-order valence-electron chi connectivity index (χ2n) is 9.54. The lowest BCUT2D eigenvalue weighted by Gasteiger charge is -2.23. The number of hydrogen-bond acceptors (Lipinski definition) is 6. The van der Waals surface area contributed by atoms with E-state index < -0.39 is 17.6 Å². The van der Waals surface area contributed by atoms with Crippen LogP contribution in [0.15, 0.2) is 18.5 Å². The number of imidazole rings is 1. The molecule has 0 unspecified atom stereocenters. The van der Waals surface area contributed by atoms with E-state index in [0.717, 1.165) is 32.5 Å². The van der Waals surface area contributed by atoms with Gasteiger partial charge in [-0.25, -0.2) is 14.4 Å². The van der Waals surface area contributed by atoms with Crippen LogP contribution in [0.1, 0.15) is 73.4 Å². The van der Waals surface area contributed by atoms with Crippen molar-refractivity contribution in [1.29, 1.82) is 0 Å². The van der Waals surface area contributed by atoms with E-state index in [0.29, 0.717) is 40.9 Å². The number of halogens is 2. The molecule has 0 radical (unpaired) electrons. The van der Waals surface area contributed by atoms with Gasteiger partial charge in [-0.05, 0) is 52.0 Å². The first-order valence-electron chi connectivity index (χ1n) is 12.3. The maximum Gasteiger partial charge on any atom is 0.258 e. The van der Waals surface area contributed by atoms with Gasteiger partial charge >= 0.3 is 0 Å². The molecule has 202 valence electrons. The molecule has 3 aromatic rings. The van der Waals surface area contributed by atoms with Crippen molar-refractivity contribution in [2.24, 2.45) is 5.92 Å². The summed E-state index contributed by atoms with van der Waals surface area (Å²) in [7, 11) is 0. The molecular weight excluding hydrogens is 517 g/mol. The fraction of sp³-hybridized carbons (Fsp3) is 0.500. The zero-order valence-electron chi connectivity index (χ0n) is 21.6. The van der Waals surface area contributed by atoms with Crippen LogP contribution < -0.4 is 15.8 Å². The van der Waals surface area contributed by atoms with Crippen LogP contribution in [-0.2, 0) is 4.74 Å². The first-order valence-corrected chi connectivity index (χ1v) is 12.7. The molecule has 0 aliphatic carbocycles. The van der Waals surface area contributed by atoms with Gasteiger partial charge in [-0.2, -0.15) is 13.5 Å². The minimum Gasteiger partial charge on any atom is -0.490 e. The standard InChI is InChI=1S/C26H33ClFN5O3.H2S/c1-14(2)36-23-18(15(3)25-32-16(4)22-24(29)30-9-10-33(22)25)13-19(27)21(28)20(23)26(34)31-8-5-17-6-11-35-12-7-17;/h9-10,13-15,17H,5-8,11-12H2,1-4H3,(H2,29,30)(H,31,34);1H2/t15-;/m0./s1. The average Bonchev–Trinajstić information content (AvgIpc) is 3.19. The zero-order chi connectivity index (χ0) is 26.0. The van der Waals surface area contributed by atoms with Gasteiger partial charge in [0.05, 0.1) is 16.8 Å². The Kier molecular flexibility index (Phi) is 9.66. The molecule has 1 aliphatic rings. The molecule has 8 nitrogen and oxygen atoms in total. The van der Waals surface area contributed by atoms with Gasteiger partial charge < -0.3 is 20.5 Å². The van der Waals surface area contributed by atoms with E-state index in [9.17, 15) is 4.79 Å². The number of benzene rings is 1. The summed E-state index contributed by atoms with van der Waals surface area (Å²) in [6.45, 7) is 9.32. The van der Waals surface area contributed by atoms with Crippen molar-refractivity contribution in [3.8, 4) is 5.75 Å². The number of amides is 1. The van der Waals surface area contributed by atoms with E-state index in [-0.39, 0.29) is 35.9 Å². The Hall–Kier alpha value is -2.56.